The molecule has 1 aromatic rings. The Balaban J connectivity index is 1.29. The minimum absolute atomic E-state index is 0.0553. The number of piperidine rings is 1. The molecule has 2 aliphatic heterocycles. The summed E-state index contributed by atoms with van der Waals surface area (Å²) in [5.74, 6) is 0.907. The van der Waals surface area contributed by atoms with Crippen LogP contribution in [0.4, 0.5) is 0 Å². The van der Waals surface area contributed by atoms with E-state index in [4.69, 9.17) is 9.26 Å². The molecule has 4 rings (SSSR count). The van der Waals surface area contributed by atoms with E-state index in [1.165, 1.54) is 19.0 Å². The van der Waals surface area contributed by atoms with Crippen LogP contribution in [0.2, 0.25) is 0 Å². The summed E-state index contributed by atoms with van der Waals surface area (Å²) in [5.41, 5.74) is -0.250. The molecule has 3 aliphatic rings. The summed E-state index contributed by atoms with van der Waals surface area (Å²) in [6.45, 7) is 2.54. The number of ether oxygens (including phenoxy) is 1. The Morgan fingerprint density at radius 1 is 1.33 bits per heavy atom. The number of hydrogen-bond acceptors (Lipinski definition) is 5. The highest BCUT2D eigenvalue weighted by atomic mass is 16.5. The molecule has 1 atom stereocenters. The van der Waals surface area contributed by atoms with Gasteiger partial charge in [0.2, 0.25) is 11.7 Å². The Labute approximate surface area is 140 Å². The molecule has 0 radical (unpaired) electrons. The number of rotatable bonds is 4. The van der Waals surface area contributed by atoms with E-state index in [9.17, 15) is 9.59 Å². The van der Waals surface area contributed by atoms with Gasteiger partial charge in [-0.25, -0.2) is 0 Å². The van der Waals surface area contributed by atoms with Crippen molar-refractivity contribution < 1.29 is 18.8 Å². The summed E-state index contributed by atoms with van der Waals surface area (Å²) >= 11 is 0. The van der Waals surface area contributed by atoms with Gasteiger partial charge < -0.3 is 19.5 Å². The minimum Gasteiger partial charge on any atom is -0.374 e. The van der Waals surface area contributed by atoms with Gasteiger partial charge in [0, 0.05) is 25.7 Å². The molecule has 1 aliphatic carbocycles. The number of aromatic nitrogens is 1. The van der Waals surface area contributed by atoms with Gasteiger partial charge in [-0.15, -0.1) is 0 Å². The molecular formula is C17H23N3O4. The van der Waals surface area contributed by atoms with Crippen LogP contribution in [-0.2, 0) is 9.53 Å². The number of amides is 2. The van der Waals surface area contributed by atoms with Crippen LogP contribution in [-0.4, -0.2) is 53.7 Å². The van der Waals surface area contributed by atoms with E-state index in [2.05, 4.69) is 10.5 Å². The molecular weight excluding hydrogens is 310 g/mol. The van der Waals surface area contributed by atoms with Crippen LogP contribution in [0.5, 0.6) is 0 Å². The maximum Gasteiger partial charge on any atom is 0.292 e. The molecule has 7 heteroatoms. The predicted octanol–water partition coefficient (Wildman–Crippen LogP) is 1.21. The Morgan fingerprint density at radius 3 is 2.79 bits per heavy atom. The van der Waals surface area contributed by atoms with Crippen molar-refractivity contribution in [2.75, 3.05) is 26.2 Å². The van der Waals surface area contributed by atoms with Gasteiger partial charge in [-0.2, -0.15) is 0 Å². The number of carbonyl (C=O) groups is 2. The second-order valence-electron chi connectivity index (χ2n) is 7.25. The van der Waals surface area contributed by atoms with Gasteiger partial charge in [0.05, 0.1) is 24.3 Å². The molecule has 24 heavy (non-hydrogen) atoms. The summed E-state index contributed by atoms with van der Waals surface area (Å²) < 4.78 is 11.0. The van der Waals surface area contributed by atoms with Gasteiger partial charge in [0.1, 0.15) is 0 Å². The molecule has 1 aromatic heterocycles. The van der Waals surface area contributed by atoms with E-state index in [1.807, 2.05) is 0 Å². The first-order valence-corrected chi connectivity index (χ1v) is 8.77. The molecule has 1 saturated carbocycles. The molecule has 1 spiro atoms. The lowest BCUT2D eigenvalue weighted by molar-refractivity contribution is -0.125. The molecule has 0 bridgehead atoms. The summed E-state index contributed by atoms with van der Waals surface area (Å²) in [5, 5.41) is 6.63. The van der Waals surface area contributed by atoms with Crippen LogP contribution >= 0.6 is 0 Å². The third-order valence-electron chi connectivity index (χ3n) is 5.45. The molecule has 3 heterocycles. The molecule has 2 amide bonds. The van der Waals surface area contributed by atoms with Crippen LogP contribution in [0.15, 0.2) is 16.8 Å². The van der Waals surface area contributed by atoms with E-state index in [0.29, 0.717) is 25.6 Å². The van der Waals surface area contributed by atoms with Crippen molar-refractivity contribution in [2.24, 2.45) is 11.8 Å². The fourth-order valence-corrected chi connectivity index (χ4v) is 3.67. The highest BCUT2D eigenvalue weighted by Gasteiger charge is 2.45. The first-order valence-electron chi connectivity index (χ1n) is 8.77. The second kappa shape index (κ2) is 6.20. The lowest BCUT2D eigenvalue weighted by Gasteiger charge is -2.38. The molecule has 130 valence electrons. The van der Waals surface area contributed by atoms with Crippen molar-refractivity contribution in [2.45, 2.75) is 37.7 Å². The van der Waals surface area contributed by atoms with E-state index in [0.717, 1.165) is 25.8 Å². The van der Waals surface area contributed by atoms with Gasteiger partial charge in [-0.05, 0) is 38.0 Å². The number of likely N-dealkylation sites (tertiary alicyclic amines) is 1. The molecule has 0 unspecified atom stereocenters. The zero-order valence-corrected chi connectivity index (χ0v) is 13.7. The average Bonchev–Trinajstić information content (AvgIpc) is 3.09. The van der Waals surface area contributed by atoms with Crippen molar-refractivity contribution in [1.29, 1.82) is 0 Å². The highest BCUT2D eigenvalue weighted by Crippen LogP contribution is 2.39. The second-order valence-corrected chi connectivity index (χ2v) is 7.25. The zero-order chi connectivity index (χ0) is 16.6. The number of nitrogens with one attached hydrogen (secondary N) is 1. The van der Waals surface area contributed by atoms with E-state index < -0.39 is 0 Å². The third kappa shape index (κ3) is 3.17. The Kier molecular flexibility index (Phi) is 4.04. The largest absolute Gasteiger partial charge is 0.374 e. The highest BCUT2D eigenvalue weighted by molar-refractivity contribution is 5.91. The molecule has 1 N–H and O–H groups in total. The Morgan fingerprint density at radius 2 is 2.12 bits per heavy atom. The van der Waals surface area contributed by atoms with Gasteiger partial charge in [-0.1, -0.05) is 5.16 Å². The van der Waals surface area contributed by atoms with Gasteiger partial charge in [0.15, 0.2) is 0 Å². The van der Waals surface area contributed by atoms with Gasteiger partial charge in [-0.3, -0.25) is 9.59 Å². The monoisotopic (exact) mass is 333 g/mol. The third-order valence-corrected chi connectivity index (χ3v) is 5.45. The summed E-state index contributed by atoms with van der Waals surface area (Å²) in [4.78, 5) is 26.3. The van der Waals surface area contributed by atoms with Gasteiger partial charge in [0.25, 0.3) is 5.91 Å². The molecule has 7 nitrogen and oxygen atoms in total. The van der Waals surface area contributed by atoms with Crippen LogP contribution in [0, 0.1) is 11.8 Å². The number of hydrogen-bond donors (Lipinski definition) is 1. The Hall–Kier alpha value is -1.89. The topological polar surface area (TPSA) is 84.7 Å². The van der Waals surface area contributed by atoms with E-state index in [-0.39, 0.29) is 29.1 Å². The first kappa shape index (κ1) is 15.6. The molecule has 2 saturated heterocycles. The van der Waals surface area contributed by atoms with Crippen molar-refractivity contribution in [3.8, 4) is 0 Å². The SMILES string of the molecule is O=C(NCC1CC1)[C@H]1COC2(CCN(C(=O)c3ccno3)CC2)C1. The van der Waals surface area contributed by atoms with Crippen LogP contribution in [0.25, 0.3) is 0 Å². The quantitative estimate of drug-likeness (QED) is 0.895. The van der Waals surface area contributed by atoms with E-state index in [1.54, 1.807) is 11.0 Å². The lowest BCUT2D eigenvalue weighted by atomic mass is 9.85. The van der Waals surface area contributed by atoms with Crippen LogP contribution < -0.4 is 5.32 Å². The maximum absolute atomic E-state index is 12.3. The predicted molar refractivity (Wildman–Crippen MR) is 84.2 cm³/mol. The van der Waals surface area contributed by atoms with Crippen molar-refractivity contribution in [1.82, 2.24) is 15.4 Å². The van der Waals surface area contributed by atoms with Gasteiger partial charge >= 0.3 is 0 Å². The fourth-order valence-electron chi connectivity index (χ4n) is 3.67. The normalized spacial score (nSPS) is 25.8. The average molecular weight is 333 g/mol. The standard InChI is InChI=1S/C17H23N3O4/c21-15(18-10-12-1-2-12)13-9-17(23-11-13)4-7-20(8-5-17)16(22)14-3-6-19-24-14/h3,6,12-13H,1-2,4-5,7-11H2,(H,18,21)/t13-/m1/s1. The smallest absolute Gasteiger partial charge is 0.292 e. The first-order chi connectivity index (χ1) is 11.7. The maximum atomic E-state index is 12.3. The van der Waals surface area contributed by atoms with Crippen molar-refractivity contribution in [3.05, 3.63) is 18.0 Å². The van der Waals surface area contributed by atoms with Crippen molar-refractivity contribution in [3.63, 3.8) is 0 Å². The van der Waals surface area contributed by atoms with Crippen LogP contribution in [0.1, 0.15) is 42.7 Å². The molecule has 0 aromatic carbocycles. The summed E-state index contributed by atoms with van der Waals surface area (Å²) in [6, 6.07) is 1.58. The lowest BCUT2D eigenvalue weighted by Crippen LogP contribution is -2.46. The summed E-state index contributed by atoms with van der Waals surface area (Å²) in [6.07, 6.45) is 6.23. The fraction of sp³-hybridized carbons (Fsp3) is 0.706. The summed E-state index contributed by atoms with van der Waals surface area (Å²) in [7, 11) is 0. The minimum atomic E-state index is -0.250. The number of carbonyl (C=O) groups excluding carboxylic acids is 2. The van der Waals surface area contributed by atoms with Crippen molar-refractivity contribution >= 4 is 11.8 Å². The van der Waals surface area contributed by atoms with Crippen LogP contribution in [0.3, 0.4) is 0 Å². The zero-order valence-electron chi connectivity index (χ0n) is 13.7. The molecule has 3 fully saturated rings. The Bertz CT molecular complexity index is 603. The van der Waals surface area contributed by atoms with E-state index >= 15 is 0 Å². The number of nitrogens with zero attached hydrogens (tertiary/aromatic N) is 2.